The van der Waals surface area contributed by atoms with Crippen LogP contribution in [0.5, 0.6) is 5.75 Å². The zero-order valence-electron chi connectivity index (χ0n) is 20.3. The van der Waals surface area contributed by atoms with Crippen molar-refractivity contribution in [3.63, 3.8) is 0 Å². The number of aromatic carboxylic acids is 1. The number of carboxylic acids is 1. The van der Waals surface area contributed by atoms with Crippen LogP contribution in [-0.2, 0) is 0 Å². The van der Waals surface area contributed by atoms with Crippen molar-refractivity contribution < 1.29 is 14.6 Å². The summed E-state index contributed by atoms with van der Waals surface area (Å²) in [6.07, 6.45) is 9.26. The highest BCUT2D eigenvalue weighted by Gasteiger charge is 2.26. The lowest BCUT2D eigenvalue weighted by atomic mass is 10.1. The van der Waals surface area contributed by atoms with Crippen LogP contribution < -0.4 is 10.5 Å². The van der Waals surface area contributed by atoms with Gasteiger partial charge in [-0.1, -0.05) is 6.07 Å². The van der Waals surface area contributed by atoms with Crippen LogP contribution in [0.4, 0.5) is 5.82 Å². The first-order chi connectivity index (χ1) is 17.4. The minimum Gasteiger partial charge on any atom is -0.493 e. The summed E-state index contributed by atoms with van der Waals surface area (Å²) in [7, 11) is 0. The molecule has 10 nitrogen and oxygen atoms in total. The number of hydrogen-bond acceptors (Lipinski definition) is 7. The molecule has 1 saturated carbocycles. The number of pyridine rings is 1. The van der Waals surface area contributed by atoms with Gasteiger partial charge >= 0.3 is 5.97 Å². The van der Waals surface area contributed by atoms with Crippen LogP contribution in [0.15, 0.2) is 49.2 Å². The van der Waals surface area contributed by atoms with Crippen molar-refractivity contribution in [1.29, 1.82) is 0 Å². The maximum Gasteiger partial charge on any atom is 0.339 e. The summed E-state index contributed by atoms with van der Waals surface area (Å²) in [5.74, 6) is 0.958. The van der Waals surface area contributed by atoms with Crippen LogP contribution in [0.3, 0.4) is 0 Å². The number of nitrogens with zero attached hydrogens (tertiary/aromatic N) is 6. The molecule has 4 aromatic rings. The predicted octanol–water partition coefficient (Wildman–Crippen LogP) is 4.41. The predicted molar refractivity (Wildman–Crippen MR) is 134 cm³/mol. The van der Waals surface area contributed by atoms with Crippen molar-refractivity contribution in [2.75, 3.05) is 12.3 Å². The summed E-state index contributed by atoms with van der Waals surface area (Å²) in [4.78, 5) is 20.8. The number of rotatable bonds is 10. The van der Waals surface area contributed by atoms with Crippen molar-refractivity contribution in [3.8, 4) is 23.0 Å². The molecule has 5 rings (SSSR count). The molecule has 0 aliphatic heterocycles. The van der Waals surface area contributed by atoms with Crippen molar-refractivity contribution in [2.24, 2.45) is 0 Å². The molecule has 1 atom stereocenters. The maximum absolute atomic E-state index is 12.0. The number of ether oxygens (including phenoxy) is 1. The van der Waals surface area contributed by atoms with Crippen LogP contribution in [0.25, 0.3) is 17.2 Å². The Hall–Kier alpha value is -4.21. The fraction of sp³-hybridized carbons (Fsp3) is 0.346. The first-order valence-electron chi connectivity index (χ1n) is 12.1. The van der Waals surface area contributed by atoms with E-state index in [1.54, 1.807) is 30.9 Å². The van der Waals surface area contributed by atoms with Crippen LogP contribution in [0.2, 0.25) is 0 Å². The van der Waals surface area contributed by atoms with Crippen LogP contribution >= 0.6 is 0 Å². The maximum atomic E-state index is 12.0. The number of nitrogen functional groups attached to an aromatic ring is 1. The fourth-order valence-electron chi connectivity index (χ4n) is 4.32. The topological polar surface area (TPSA) is 134 Å². The number of aryl methyl sites for hydroxylation is 1. The Balaban J connectivity index is 1.24. The Labute approximate surface area is 208 Å². The minimum atomic E-state index is -1.02. The molecule has 186 valence electrons. The lowest BCUT2D eigenvalue weighted by Crippen LogP contribution is -2.10. The number of carboxylic acid groups (broad SMARTS) is 1. The second-order valence-electron chi connectivity index (χ2n) is 9.27. The lowest BCUT2D eigenvalue weighted by molar-refractivity contribution is 0.0692. The largest absolute Gasteiger partial charge is 0.493 e. The molecule has 0 amide bonds. The van der Waals surface area contributed by atoms with Crippen LogP contribution in [-0.4, -0.2) is 47.0 Å². The standard InChI is InChI=1S/C26H29N7O3/c1-16-11-23(19(26(34)35)12-22(16)32-13-21(28-14-32)18-8-9-18)36-10-4-5-17(2)33-15-29-31-25(33)20-6-3-7-24(27)30-20/h3,6-7,11-15,17-18H,4-5,8-10H2,1-2H3,(H2,27,30)(H,34,35)/t17-/m0/s1. The average molecular weight is 488 g/mol. The van der Waals surface area contributed by atoms with E-state index in [9.17, 15) is 9.90 Å². The Kier molecular flexibility index (Phi) is 6.41. The van der Waals surface area contributed by atoms with E-state index >= 15 is 0 Å². The molecule has 3 aromatic heterocycles. The zero-order valence-corrected chi connectivity index (χ0v) is 20.3. The molecule has 0 bridgehead atoms. The molecule has 0 unspecified atom stereocenters. The first kappa shape index (κ1) is 23.5. The van der Waals surface area contributed by atoms with Crippen LogP contribution in [0, 0.1) is 6.92 Å². The molecule has 1 aliphatic carbocycles. The molecule has 1 aromatic carbocycles. The average Bonchev–Trinajstić information content (AvgIpc) is 3.37. The lowest BCUT2D eigenvalue weighted by Gasteiger charge is -2.17. The normalized spacial score (nSPS) is 14.1. The van der Waals surface area contributed by atoms with Crippen LogP contribution in [0.1, 0.15) is 66.2 Å². The summed E-state index contributed by atoms with van der Waals surface area (Å²) in [5.41, 5.74) is 9.40. The molecule has 36 heavy (non-hydrogen) atoms. The number of carbonyl (C=O) groups is 1. The van der Waals surface area contributed by atoms with Gasteiger partial charge in [0.25, 0.3) is 0 Å². The van der Waals surface area contributed by atoms with Gasteiger partial charge in [0.1, 0.15) is 29.2 Å². The SMILES string of the molecule is Cc1cc(OCCC[C@H](C)n2cnnc2-c2cccc(N)n2)c(C(=O)O)cc1-n1cnc(C2CC2)c1. The third-order valence-electron chi connectivity index (χ3n) is 6.48. The Morgan fingerprint density at radius 2 is 2.11 bits per heavy atom. The van der Waals surface area contributed by atoms with E-state index in [4.69, 9.17) is 10.5 Å². The van der Waals surface area contributed by atoms with E-state index in [1.807, 2.05) is 34.4 Å². The number of hydrogen-bond donors (Lipinski definition) is 2. The van der Waals surface area contributed by atoms with Gasteiger partial charge in [0, 0.05) is 18.2 Å². The van der Waals surface area contributed by atoms with Gasteiger partial charge < -0.3 is 24.7 Å². The van der Waals surface area contributed by atoms with Crippen molar-refractivity contribution in [1.82, 2.24) is 29.3 Å². The molecule has 0 spiro atoms. The molecule has 1 aliphatic rings. The third-order valence-corrected chi connectivity index (χ3v) is 6.48. The molecule has 1 fully saturated rings. The number of benzene rings is 1. The van der Waals surface area contributed by atoms with Crippen molar-refractivity contribution >= 4 is 11.8 Å². The minimum absolute atomic E-state index is 0.0896. The van der Waals surface area contributed by atoms with E-state index in [0.717, 1.165) is 42.6 Å². The van der Waals surface area contributed by atoms with Gasteiger partial charge in [-0.3, -0.25) is 0 Å². The summed E-state index contributed by atoms with van der Waals surface area (Å²) in [5, 5.41) is 18.1. The first-order valence-corrected chi connectivity index (χ1v) is 12.1. The number of anilines is 1. The number of imidazole rings is 1. The molecule has 10 heteroatoms. The molecule has 0 saturated heterocycles. The molecular weight excluding hydrogens is 458 g/mol. The molecule has 0 radical (unpaired) electrons. The number of nitrogens with two attached hydrogens (primary N) is 1. The monoisotopic (exact) mass is 487 g/mol. The smallest absolute Gasteiger partial charge is 0.339 e. The Morgan fingerprint density at radius 1 is 1.28 bits per heavy atom. The highest BCUT2D eigenvalue weighted by atomic mass is 16.5. The van der Waals surface area contributed by atoms with E-state index in [1.165, 1.54) is 0 Å². The third kappa shape index (κ3) is 4.93. The fourth-order valence-corrected chi connectivity index (χ4v) is 4.32. The quantitative estimate of drug-likeness (QED) is 0.314. The summed E-state index contributed by atoms with van der Waals surface area (Å²) in [6.45, 7) is 4.40. The van der Waals surface area contributed by atoms with Gasteiger partial charge in [-0.05, 0) is 69.4 Å². The summed E-state index contributed by atoms with van der Waals surface area (Å²) >= 11 is 0. The summed E-state index contributed by atoms with van der Waals surface area (Å²) < 4.78 is 9.81. The second-order valence-corrected chi connectivity index (χ2v) is 9.27. The highest BCUT2D eigenvalue weighted by Crippen LogP contribution is 2.39. The van der Waals surface area contributed by atoms with Gasteiger partial charge in [0.05, 0.1) is 24.3 Å². The number of aromatic nitrogens is 6. The highest BCUT2D eigenvalue weighted by molar-refractivity contribution is 5.92. The molecule has 3 heterocycles. The van der Waals surface area contributed by atoms with Gasteiger partial charge in [-0.15, -0.1) is 10.2 Å². The van der Waals surface area contributed by atoms with E-state index < -0.39 is 5.97 Å². The van der Waals surface area contributed by atoms with Crippen molar-refractivity contribution in [2.45, 2.75) is 51.5 Å². The second kappa shape index (κ2) is 9.80. The van der Waals surface area contributed by atoms with E-state index in [-0.39, 0.29) is 11.6 Å². The molecular formula is C26H29N7O3. The molecule has 3 N–H and O–H groups in total. The van der Waals surface area contributed by atoms with E-state index in [0.29, 0.717) is 35.6 Å². The van der Waals surface area contributed by atoms with Gasteiger partial charge in [0.15, 0.2) is 5.82 Å². The van der Waals surface area contributed by atoms with E-state index in [2.05, 4.69) is 27.1 Å². The summed E-state index contributed by atoms with van der Waals surface area (Å²) in [6, 6.07) is 8.96. The zero-order chi connectivity index (χ0) is 25.2. The van der Waals surface area contributed by atoms with Gasteiger partial charge in [0.2, 0.25) is 0 Å². The van der Waals surface area contributed by atoms with Crippen molar-refractivity contribution in [3.05, 3.63) is 66.0 Å². The Morgan fingerprint density at radius 3 is 2.86 bits per heavy atom. The van der Waals surface area contributed by atoms with Gasteiger partial charge in [-0.25, -0.2) is 14.8 Å². The Bertz CT molecular complexity index is 1390. The van der Waals surface area contributed by atoms with Gasteiger partial charge in [-0.2, -0.15) is 0 Å².